The number of fused-ring (bicyclic) bond motifs is 3. The fourth-order valence-electron chi connectivity index (χ4n) is 4.56. The molecule has 2 N–H and O–H groups in total. The Balaban J connectivity index is 2.06. The van der Waals surface area contributed by atoms with Crippen molar-refractivity contribution >= 4 is 0 Å². The maximum absolute atomic E-state index is 9.98. The predicted molar refractivity (Wildman–Crippen MR) is 76.4 cm³/mol. The van der Waals surface area contributed by atoms with Crippen LogP contribution in [0.4, 0.5) is 0 Å². The number of phenolic OH excluding ortho intramolecular Hbond substituents is 1. The predicted octanol–water partition coefficient (Wildman–Crippen LogP) is 3.54. The summed E-state index contributed by atoms with van der Waals surface area (Å²) < 4.78 is 0. The van der Waals surface area contributed by atoms with E-state index in [9.17, 15) is 10.2 Å². The molecular formula is C17H24O2. The third kappa shape index (κ3) is 2.06. The van der Waals surface area contributed by atoms with E-state index in [2.05, 4.69) is 13.0 Å². The van der Waals surface area contributed by atoms with E-state index in [1.54, 1.807) is 0 Å². The molecule has 1 saturated carbocycles. The second kappa shape index (κ2) is 4.82. The summed E-state index contributed by atoms with van der Waals surface area (Å²) in [7, 11) is 0. The molecule has 0 unspecified atom stereocenters. The lowest BCUT2D eigenvalue weighted by molar-refractivity contribution is 0.0363. The molecule has 2 nitrogen and oxygen atoms in total. The molecule has 3 atom stereocenters. The van der Waals surface area contributed by atoms with Crippen molar-refractivity contribution in [1.29, 1.82) is 0 Å². The smallest absolute Gasteiger partial charge is 0.115 e. The highest BCUT2D eigenvalue weighted by Crippen LogP contribution is 2.53. The zero-order valence-electron chi connectivity index (χ0n) is 11.7. The number of benzene rings is 1. The Morgan fingerprint density at radius 3 is 2.95 bits per heavy atom. The molecule has 0 bridgehead atoms. The quantitative estimate of drug-likeness (QED) is 0.854. The lowest BCUT2D eigenvalue weighted by atomic mass is 9.55. The summed E-state index contributed by atoms with van der Waals surface area (Å²) in [6.45, 7) is 2.26. The number of aliphatic hydroxyl groups is 1. The van der Waals surface area contributed by atoms with E-state index in [4.69, 9.17) is 0 Å². The van der Waals surface area contributed by atoms with Crippen LogP contribution in [-0.4, -0.2) is 16.3 Å². The minimum absolute atomic E-state index is 0.103. The minimum atomic E-state index is -0.103. The van der Waals surface area contributed by atoms with Crippen molar-refractivity contribution in [2.45, 2.75) is 63.4 Å². The van der Waals surface area contributed by atoms with Crippen molar-refractivity contribution < 1.29 is 10.2 Å². The van der Waals surface area contributed by atoms with Gasteiger partial charge in [0.15, 0.2) is 0 Å². The third-order valence-electron chi connectivity index (χ3n) is 5.35. The first-order chi connectivity index (χ1) is 9.15. The fraction of sp³-hybridized carbons (Fsp3) is 0.647. The minimum Gasteiger partial charge on any atom is -0.508 e. The topological polar surface area (TPSA) is 40.5 Å². The first-order valence-electron chi connectivity index (χ1n) is 7.66. The van der Waals surface area contributed by atoms with Gasteiger partial charge in [-0.25, -0.2) is 0 Å². The van der Waals surface area contributed by atoms with Crippen molar-refractivity contribution in [3.63, 3.8) is 0 Å². The maximum atomic E-state index is 9.98. The van der Waals surface area contributed by atoms with Crippen LogP contribution in [-0.2, 0) is 11.8 Å². The second-order valence-electron chi connectivity index (χ2n) is 6.41. The number of hydrogen-bond donors (Lipinski definition) is 2. The summed E-state index contributed by atoms with van der Waals surface area (Å²) in [6, 6.07) is 5.93. The fourth-order valence-corrected chi connectivity index (χ4v) is 4.56. The summed E-state index contributed by atoms with van der Waals surface area (Å²) in [5.41, 5.74) is 3.05. The Bertz CT molecular complexity index is 468. The maximum Gasteiger partial charge on any atom is 0.115 e. The molecule has 2 aliphatic carbocycles. The average molecular weight is 260 g/mol. The van der Waals surface area contributed by atoms with E-state index in [-0.39, 0.29) is 11.5 Å². The number of hydrogen-bond acceptors (Lipinski definition) is 2. The van der Waals surface area contributed by atoms with Crippen LogP contribution in [0, 0.1) is 5.92 Å². The van der Waals surface area contributed by atoms with Crippen LogP contribution in [0.25, 0.3) is 0 Å². The van der Waals surface area contributed by atoms with Crippen LogP contribution in [0.5, 0.6) is 5.75 Å². The summed E-state index contributed by atoms with van der Waals surface area (Å²) in [4.78, 5) is 0. The molecule has 0 aliphatic heterocycles. The number of aryl methyl sites for hydroxylation is 1. The summed E-state index contributed by atoms with van der Waals surface area (Å²) >= 11 is 0. The zero-order valence-corrected chi connectivity index (χ0v) is 11.7. The number of aliphatic hydroxyl groups excluding tert-OH is 1. The van der Waals surface area contributed by atoms with Gasteiger partial charge in [-0.15, -0.1) is 0 Å². The molecule has 1 aromatic carbocycles. The van der Waals surface area contributed by atoms with Crippen LogP contribution in [0.1, 0.15) is 56.6 Å². The molecule has 0 heterocycles. The molecular weight excluding hydrogens is 236 g/mol. The molecule has 2 aliphatic rings. The van der Waals surface area contributed by atoms with Gasteiger partial charge < -0.3 is 10.2 Å². The highest BCUT2D eigenvalue weighted by molar-refractivity contribution is 5.43. The highest BCUT2D eigenvalue weighted by Gasteiger charge is 2.46. The number of phenols is 1. The second-order valence-corrected chi connectivity index (χ2v) is 6.41. The molecule has 0 saturated heterocycles. The van der Waals surface area contributed by atoms with Crippen LogP contribution < -0.4 is 0 Å². The van der Waals surface area contributed by atoms with E-state index < -0.39 is 0 Å². The van der Waals surface area contributed by atoms with E-state index in [1.165, 1.54) is 24.0 Å². The molecule has 3 rings (SSSR count). The van der Waals surface area contributed by atoms with Gasteiger partial charge in [0.25, 0.3) is 0 Å². The largest absolute Gasteiger partial charge is 0.508 e. The summed E-state index contributed by atoms with van der Waals surface area (Å²) in [6.07, 6.45) is 7.49. The standard InChI is InChI=1S/C17H24O2/c1-2-8-17-9-7-15(19)11-13(17)4-3-12-10-14(18)5-6-16(12)17/h5-6,10,13,15,18-19H,2-4,7-9,11H2,1H3/t13-,15-,17+/m0/s1. The Kier molecular flexibility index (Phi) is 3.30. The zero-order chi connectivity index (χ0) is 13.5. The SMILES string of the molecule is CCC[C@@]12CC[C@H](O)C[C@@H]1CCc1cc(O)ccc12. The normalized spacial score (nSPS) is 33.6. The Labute approximate surface area is 115 Å². The summed E-state index contributed by atoms with van der Waals surface area (Å²) in [5.74, 6) is 1.01. The van der Waals surface area contributed by atoms with Gasteiger partial charge in [-0.1, -0.05) is 19.4 Å². The molecule has 19 heavy (non-hydrogen) atoms. The van der Waals surface area contributed by atoms with Gasteiger partial charge in [0.1, 0.15) is 5.75 Å². The van der Waals surface area contributed by atoms with Crippen molar-refractivity contribution in [2.24, 2.45) is 5.92 Å². The van der Waals surface area contributed by atoms with Crippen LogP contribution in [0.3, 0.4) is 0 Å². The molecule has 2 heteroatoms. The number of aromatic hydroxyl groups is 1. The van der Waals surface area contributed by atoms with Gasteiger partial charge in [0.2, 0.25) is 0 Å². The van der Waals surface area contributed by atoms with Crippen LogP contribution in [0.15, 0.2) is 18.2 Å². The Morgan fingerprint density at radius 1 is 1.32 bits per heavy atom. The van der Waals surface area contributed by atoms with Crippen LogP contribution in [0.2, 0.25) is 0 Å². The molecule has 1 fully saturated rings. The van der Waals surface area contributed by atoms with Crippen molar-refractivity contribution in [1.82, 2.24) is 0 Å². The van der Waals surface area contributed by atoms with Crippen molar-refractivity contribution in [2.75, 3.05) is 0 Å². The Morgan fingerprint density at radius 2 is 2.16 bits per heavy atom. The first-order valence-corrected chi connectivity index (χ1v) is 7.66. The van der Waals surface area contributed by atoms with Crippen molar-refractivity contribution in [3.8, 4) is 5.75 Å². The Hall–Kier alpha value is -1.02. The molecule has 104 valence electrons. The molecule has 0 aromatic heterocycles. The van der Waals surface area contributed by atoms with Crippen LogP contribution >= 0.6 is 0 Å². The lowest BCUT2D eigenvalue weighted by Crippen LogP contribution is -2.45. The van der Waals surface area contributed by atoms with Gasteiger partial charge in [-0.3, -0.25) is 0 Å². The van der Waals surface area contributed by atoms with Gasteiger partial charge in [-0.05, 0) is 73.1 Å². The lowest BCUT2D eigenvalue weighted by Gasteiger charge is -2.50. The van der Waals surface area contributed by atoms with Gasteiger partial charge >= 0.3 is 0 Å². The van der Waals surface area contributed by atoms with E-state index in [1.807, 2.05) is 12.1 Å². The highest BCUT2D eigenvalue weighted by atomic mass is 16.3. The van der Waals surface area contributed by atoms with E-state index in [0.717, 1.165) is 32.1 Å². The van der Waals surface area contributed by atoms with E-state index in [0.29, 0.717) is 11.7 Å². The average Bonchev–Trinajstić information content (AvgIpc) is 2.39. The monoisotopic (exact) mass is 260 g/mol. The third-order valence-corrected chi connectivity index (χ3v) is 5.35. The number of rotatable bonds is 2. The van der Waals surface area contributed by atoms with E-state index >= 15 is 0 Å². The molecule has 0 spiro atoms. The molecule has 0 amide bonds. The van der Waals surface area contributed by atoms with Crippen molar-refractivity contribution in [3.05, 3.63) is 29.3 Å². The van der Waals surface area contributed by atoms with Gasteiger partial charge in [0, 0.05) is 0 Å². The first kappa shape index (κ1) is 13.0. The molecule has 0 radical (unpaired) electrons. The molecule has 1 aromatic rings. The van der Waals surface area contributed by atoms with Gasteiger partial charge in [0.05, 0.1) is 6.10 Å². The summed E-state index contributed by atoms with van der Waals surface area (Å²) in [5, 5.41) is 19.7. The van der Waals surface area contributed by atoms with Gasteiger partial charge in [-0.2, -0.15) is 0 Å².